The number of hydrogen-bond donors (Lipinski definition) is 8. The average Bonchev–Trinajstić information content (AvgIpc) is 1.74. The van der Waals surface area contributed by atoms with Gasteiger partial charge in [-0.15, -0.1) is 0 Å². The summed E-state index contributed by atoms with van der Waals surface area (Å²) in [5.41, 5.74) is -1.46. The number of fused-ring (bicyclic) bond motifs is 4. The molecule has 8 N–H and O–H groups in total. The molecule has 27 atom stereocenters. The summed E-state index contributed by atoms with van der Waals surface area (Å²) < 4.78 is 106. The molecule has 0 amide bonds. The second-order valence-electron chi connectivity index (χ2n) is 25.2. The van der Waals surface area contributed by atoms with Crippen molar-refractivity contribution in [1.82, 2.24) is 0 Å². The van der Waals surface area contributed by atoms with Gasteiger partial charge in [-0.3, -0.25) is 13.8 Å². The summed E-state index contributed by atoms with van der Waals surface area (Å²) in [6.07, 6.45) is -19.2. The second kappa shape index (κ2) is 23.2. The van der Waals surface area contributed by atoms with Crippen LogP contribution in [0.3, 0.4) is 0 Å². The van der Waals surface area contributed by atoms with Gasteiger partial charge in [-0.1, -0.05) is 57.1 Å². The van der Waals surface area contributed by atoms with Crippen LogP contribution >= 0.6 is 0 Å². The number of aliphatic hydroxyl groups excluding tert-OH is 8. The van der Waals surface area contributed by atoms with Gasteiger partial charge >= 0.3 is 11.9 Å². The van der Waals surface area contributed by atoms with Gasteiger partial charge in [0.1, 0.15) is 91.1 Å². The topological polar surface area (TPSA) is 364 Å². The molecule has 5 heterocycles. The fourth-order valence-electron chi connectivity index (χ4n) is 15.9. The Morgan fingerprint density at radius 1 is 0.778 bits per heavy atom. The SMILES string of the molecule is CO[C@@H]1[C@@H](O)[C@H](O[C@@H]2[C@@H](O)[C@H](O[C@H]3[C@H](O)[C@@H](O)[C@H](O[C@H]4[C@H](O[C@H]5CC[C@]6(C)[C@@H]7CC[C@]89C(=O)O[C@@](C)(/C=C/C=C(C)C)[C@H]8[C@@H](OC(C)=O)C[C@@]9(C)C7=CC[C@H]6C5(C)C)OC[C@@H](OS(=O)(=O)[O-])[C@@H]4O)O[C@@H]3C)OC[C@H]2O)O[C@H](CO)[C@H]1O. The van der Waals surface area contributed by atoms with E-state index in [1.807, 2.05) is 39.0 Å². The van der Waals surface area contributed by atoms with Crippen molar-refractivity contribution in [1.29, 1.82) is 0 Å². The third-order valence-corrected chi connectivity index (χ3v) is 20.2. The Kier molecular flexibility index (Phi) is 18.0. The van der Waals surface area contributed by atoms with Gasteiger partial charge in [0, 0.05) is 19.4 Å². The molecule has 26 heteroatoms. The predicted molar refractivity (Wildman–Crippen MR) is 274 cm³/mol. The fraction of sp³-hybridized carbons (Fsp3) is 0.855. The molecule has 0 bridgehead atoms. The molecule has 25 nitrogen and oxygen atoms in total. The van der Waals surface area contributed by atoms with E-state index in [9.17, 15) is 63.4 Å². The Hall–Kier alpha value is -2.65. The molecular formula is C55H83O25S-. The van der Waals surface area contributed by atoms with Crippen LogP contribution in [0.4, 0.5) is 0 Å². The molecule has 0 aromatic heterocycles. The Balaban J connectivity index is 0.912. The van der Waals surface area contributed by atoms with Crippen LogP contribution in [0.15, 0.2) is 35.5 Å². The van der Waals surface area contributed by atoms with E-state index in [2.05, 4.69) is 38.0 Å². The van der Waals surface area contributed by atoms with Crippen LogP contribution in [-0.4, -0.2) is 221 Å². The number of rotatable bonds is 15. The van der Waals surface area contributed by atoms with Gasteiger partial charge in [0.25, 0.3) is 0 Å². The number of methoxy groups -OCH3 is 1. The quantitative estimate of drug-likeness (QED) is 0.0353. The van der Waals surface area contributed by atoms with Gasteiger partial charge in [-0.05, 0) is 95.0 Å². The third-order valence-electron chi connectivity index (χ3n) is 19.8. The standard InChI is InChI=1S/C55H84O25S/c1-24(2)12-11-17-54(9)45-30(73-26(4)57)20-53(8)28-13-14-33-51(5,6)34(16-18-52(33,7)27(28)15-19-55(45,53)50(65)79-54)75-49-44(36(60)32(23-71-49)80-81(66,67)68)78-47-38(62)37(61)41(25(3)72-47)76-46-39(63)42(29(58)22-70-46)77-48-40(64)43(69-10)35(59)31(21-56)74-48/h11-13,17,25,27,29-49,56,58-64H,14-16,18-23H2,1-10H3,(H,66,67,68)/p-1/b17-11+/t25-,27-,29-,30+,31-,32-,33+,34+,35-,36+,37-,38-,39-,40-,41-,42+,43+,44-,45-,46+,47+,48+,49+,52-,53+,54+,55-/m1/s1. The molecule has 3 saturated carbocycles. The minimum absolute atomic E-state index is 0.0201. The minimum atomic E-state index is -5.41. The van der Waals surface area contributed by atoms with E-state index >= 15 is 0 Å². The zero-order valence-corrected chi connectivity index (χ0v) is 48.2. The molecule has 5 aliphatic heterocycles. The average molecular weight is 1180 g/mol. The maximum absolute atomic E-state index is 14.6. The Morgan fingerprint density at radius 2 is 1.43 bits per heavy atom. The maximum atomic E-state index is 14.6. The van der Waals surface area contributed by atoms with Crippen molar-refractivity contribution in [3.63, 3.8) is 0 Å². The van der Waals surface area contributed by atoms with Gasteiger partial charge < -0.3 is 97.5 Å². The van der Waals surface area contributed by atoms with Crippen LogP contribution in [0, 0.1) is 39.4 Å². The molecule has 5 saturated heterocycles. The highest BCUT2D eigenvalue weighted by Gasteiger charge is 2.79. The summed E-state index contributed by atoms with van der Waals surface area (Å²) in [7, 11) is -4.21. The lowest BCUT2D eigenvalue weighted by Gasteiger charge is -2.63. The lowest BCUT2D eigenvalue weighted by molar-refractivity contribution is -0.382. The van der Waals surface area contributed by atoms with Gasteiger partial charge in [0.2, 0.25) is 10.4 Å². The third kappa shape index (κ3) is 11.1. The zero-order valence-electron chi connectivity index (χ0n) is 47.4. The highest BCUT2D eigenvalue weighted by atomic mass is 32.3. The van der Waals surface area contributed by atoms with Gasteiger partial charge in [-0.2, -0.15) is 0 Å². The van der Waals surface area contributed by atoms with Crippen LogP contribution in [0.2, 0.25) is 0 Å². The maximum Gasteiger partial charge on any atom is 0.314 e. The normalized spacial score (nSPS) is 49.6. The molecule has 0 aromatic rings. The van der Waals surface area contributed by atoms with E-state index < -0.39 is 187 Å². The Labute approximate surface area is 471 Å². The van der Waals surface area contributed by atoms with E-state index in [4.69, 9.17) is 52.1 Å². The van der Waals surface area contributed by atoms with Crippen LogP contribution in [0.5, 0.6) is 0 Å². The number of esters is 2. The van der Waals surface area contributed by atoms with E-state index in [1.165, 1.54) is 21.0 Å². The number of allylic oxidation sites excluding steroid dienone is 5. The van der Waals surface area contributed by atoms with Crippen molar-refractivity contribution in [2.75, 3.05) is 26.9 Å². The van der Waals surface area contributed by atoms with Crippen LogP contribution in [-0.2, 0) is 76.3 Å². The summed E-state index contributed by atoms with van der Waals surface area (Å²) in [5.74, 6) is -1.18. The lowest BCUT2D eigenvalue weighted by atomic mass is 9.41. The Bertz CT molecular complexity index is 2510. The molecule has 4 aliphatic carbocycles. The van der Waals surface area contributed by atoms with Gasteiger partial charge in [0.05, 0.1) is 43.4 Å². The smallest absolute Gasteiger partial charge is 0.314 e. The first kappa shape index (κ1) is 62.9. The number of carbonyl (C=O) groups excluding carboxylic acids is 2. The largest absolute Gasteiger partial charge is 0.726 e. The minimum Gasteiger partial charge on any atom is -0.726 e. The molecule has 9 aliphatic rings. The van der Waals surface area contributed by atoms with Crippen LogP contribution in [0.25, 0.3) is 0 Å². The van der Waals surface area contributed by atoms with E-state index in [1.54, 1.807) is 0 Å². The van der Waals surface area contributed by atoms with Crippen LogP contribution < -0.4 is 0 Å². The molecule has 81 heavy (non-hydrogen) atoms. The monoisotopic (exact) mass is 1180 g/mol. The number of ether oxygens (including phenoxy) is 11. The molecule has 1 spiro atoms. The summed E-state index contributed by atoms with van der Waals surface area (Å²) in [4.78, 5) is 27.4. The molecule has 460 valence electrons. The van der Waals surface area contributed by atoms with Crippen molar-refractivity contribution in [3.05, 3.63) is 35.5 Å². The number of aliphatic hydroxyl groups is 8. The van der Waals surface area contributed by atoms with Crippen molar-refractivity contribution in [2.24, 2.45) is 39.4 Å². The number of carbonyl (C=O) groups is 2. The van der Waals surface area contributed by atoms with E-state index in [0.717, 1.165) is 11.1 Å². The Morgan fingerprint density at radius 3 is 2.09 bits per heavy atom. The van der Waals surface area contributed by atoms with E-state index in [0.29, 0.717) is 38.5 Å². The number of hydrogen-bond acceptors (Lipinski definition) is 25. The van der Waals surface area contributed by atoms with Crippen LogP contribution in [0.1, 0.15) is 101 Å². The van der Waals surface area contributed by atoms with Crippen molar-refractivity contribution >= 4 is 22.3 Å². The summed E-state index contributed by atoms with van der Waals surface area (Å²) in [5, 5.41) is 88.3. The summed E-state index contributed by atoms with van der Waals surface area (Å²) >= 11 is 0. The predicted octanol–water partition coefficient (Wildman–Crippen LogP) is 0.0533. The molecule has 9 rings (SSSR count). The molecule has 8 fully saturated rings. The molecular weight excluding hydrogens is 1090 g/mol. The second-order valence-corrected chi connectivity index (χ2v) is 26.2. The zero-order chi connectivity index (χ0) is 59.3. The van der Waals surface area contributed by atoms with Crippen molar-refractivity contribution in [3.8, 4) is 0 Å². The first-order valence-corrected chi connectivity index (χ1v) is 29.3. The summed E-state index contributed by atoms with van der Waals surface area (Å²) in [6.45, 7) is 15.4. The highest BCUT2D eigenvalue weighted by molar-refractivity contribution is 7.80. The molecule has 0 radical (unpaired) electrons. The van der Waals surface area contributed by atoms with Gasteiger partial charge in [0.15, 0.2) is 25.2 Å². The first-order chi connectivity index (χ1) is 37.9. The van der Waals surface area contributed by atoms with Gasteiger partial charge in [-0.25, -0.2) is 8.42 Å². The molecule has 0 aromatic carbocycles. The van der Waals surface area contributed by atoms with E-state index in [-0.39, 0.29) is 23.2 Å². The fourth-order valence-corrected chi connectivity index (χ4v) is 16.4. The van der Waals surface area contributed by atoms with Crippen molar-refractivity contribution < 1.29 is 120 Å². The lowest BCUT2D eigenvalue weighted by Crippen LogP contribution is -2.65. The molecule has 0 unspecified atom stereocenters. The van der Waals surface area contributed by atoms with Crippen molar-refractivity contribution in [2.45, 2.75) is 229 Å². The highest BCUT2D eigenvalue weighted by Crippen LogP contribution is 2.76. The summed E-state index contributed by atoms with van der Waals surface area (Å²) in [6, 6.07) is 0. The first-order valence-electron chi connectivity index (χ1n) is 28.0. The number of cyclic esters (lactones) is 1.